The lowest BCUT2D eigenvalue weighted by Crippen LogP contribution is -2.22. The molecule has 2 rings (SSSR count). The van der Waals surface area contributed by atoms with Gasteiger partial charge in [-0.2, -0.15) is 0 Å². The Labute approximate surface area is 119 Å². The average molecular weight is 278 g/mol. The Morgan fingerprint density at radius 2 is 2.35 bits per heavy atom. The van der Waals surface area contributed by atoms with Crippen LogP contribution in [0.15, 0.2) is 18.2 Å². The molecule has 1 saturated heterocycles. The van der Waals surface area contributed by atoms with Crippen LogP contribution in [-0.2, 0) is 9.47 Å². The van der Waals surface area contributed by atoms with Crippen molar-refractivity contribution < 1.29 is 14.3 Å². The molecule has 1 aliphatic rings. The van der Waals surface area contributed by atoms with Gasteiger partial charge in [-0.3, -0.25) is 0 Å². The normalized spacial score (nSPS) is 21.7. The number of nitrogen functional groups attached to an aromatic ring is 1. The second-order valence-electron chi connectivity index (χ2n) is 5.04. The molecule has 2 atom stereocenters. The van der Waals surface area contributed by atoms with Gasteiger partial charge in [-0.15, -0.1) is 0 Å². The Morgan fingerprint density at radius 1 is 1.55 bits per heavy atom. The zero-order valence-electron chi connectivity index (χ0n) is 12.0. The minimum Gasteiger partial charge on any atom is -0.465 e. The number of anilines is 2. The fraction of sp³-hybridized carbons (Fsp3) is 0.533. The molecule has 1 aromatic rings. The van der Waals surface area contributed by atoms with Crippen molar-refractivity contribution in [2.75, 3.05) is 31.3 Å². The molecule has 0 aromatic heterocycles. The Morgan fingerprint density at radius 3 is 3.05 bits per heavy atom. The summed E-state index contributed by atoms with van der Waals surface area (Å²) in [5.41, 5.74) is 7.48. The van der Waals surface area contributed by atoms with Gasteiger partial charge in [0, 0.05) is 30.4 Å². The molecule has 1 aliphatic heterocycles. The first-order valence-electron chi connectivity index (χ1n) is 6.99. The lowest BCUT2D eigenvalue weighted by molar-refractivity contribution is 0.0602. The fourth-order valence-electron chi connectivity index (χ4n) is 2.58. The van der Waals surface area contributed by atoms with E-state index in [-0.39, 0.29) is 0 Å². The molecule has 110 valence electrons. The van der Waals surface area contributed by atoms with Crippen molar-refractivity contribution in [3.05, 3.63) is 23.8 Å². The molecular formula is C15H22N2O3. The Bertz CT molecular complexity index is 476. The van der Waals surface area contributed by atoms with Crippen molar-refractivity contribution >= 4 is 17.3 Å². The van der Waals surface area contributed by atoms with Crippen LogP contribution in [0.25, 0.3) is 0 Å². The molecule has 0 aliphatic carbocycles. The lowest BCUT2D eigenvalue weighted by Gasteiger charge is -2.18. The number of hydrogen-bond acceptors (Lipinski definition) is 5. The van der Waals surface area contributed by atoms with Gasteiger partial charge in [-0.25, -0.2) is 4.79 Å². The molecular weight excluding hydrogens is 256 g/mol. The molecule has 0 saturated carbocycles. The SMILES string of the molecule is CCC1OCCC1CNc1ccc(N)c(C(=O)OC)c1. The average Bonchev–Trinajstić information content (AvgIpc) is 2.93. The van der Waals surface area contributed by atoms with E-state index in [4.69, 9.17) is 15.2 Å². The highest BCUT2D eigenvalue weighted by Crippen LogP contribution is 2.25. The van der Waals surface area contributed by atoms with Crippen LogP contribution in [0.1, 0.15) is 30.1 Å². The standard InChI is InChI=1S/C15H22N2O3/c1-3-14-10(6-7-20-14)9-17-11-4-5-13(16)12(8-11)15(18)19-2/h4-5,8,10,14,17H,3,6-7,9,16H2,1-2H3. The van der Waals surface area contributed by atoms with Crippen molar-refractivity contribution in [3.8, 4) is 0 Å². The van der Waals surface area contributed by atoms with Crippen molar-refractivity contribution in [2.45, 2.75) is 25.9 Å². The smallest absolute Gasteiger partial charge is 0.340 e. The molecule has 2 unspecified atom stereocenters. The van der Waals surface area contributed by atoms with Crippen LogP contribution in [0.4, 0.5) is 11.4 Å². The molecule has 1 fully saturated rings. The summed E-state index contributed by atoms with van der Waals surface area (Å²) in [7, 11) is 1.35. The predicted octanol–water partition coefficient (Wildman–Crippen LogP) is 2.28. The van der Waals surface area contributed by atoms with E-state index in [2.05, 4.69) is 12.2 Å². The van der Waals surface area contributed by atoms with Crippen LogP contribution in [0.2, 0.25) is 0 Å². The van der Waals surface area contributed by atoms with Gasteiger partial charge >= 0.3 is 5.97 Å². The second-order valence-corrected chi connectivity index (χ2v) is 5.04. The summed E-state index contributed by atoms with van der Waals surface area (Å²) in [6.45, 7) is 3.81. The highest BCUT2D eigenvalue weighted by molar-refractivity contribution is 5.96. The third-order valence-corrected chi connectivity index (χ3v) is 3.78. The topological polar surface area (TPSA) is 73.6 Å². The van der Waals surface area contributed by atoms with Crippen molar-refractivity contribution in [2.24, 2.45) is 5.92 Å². The fourth-order valence-corrected chi connectivity index (χ4v) is 2.58. The van der Waals surface area contributed by atoms with Crippen LogP contribution in [0.5, 0.6) is 0 Å². The van der Waals surface area contributed by atoms with Crippen LogP contribution in [-0.4, -0.2) is 32.3 Å². The van der Waals surface area contributed by atoms with Crippen molar-refractivity contribution in [1.82, 2.24) is 0 Å². The van der Waals surface area contributed by atoms with E-state index in [1.54, 1.807) is 12.1 Å². The molecule has 0 spiro atoms. The van der Waals surface area contributed by atoms with E-state index in [1.807, 2.05) is 6.07 Å². The maximum absolute atomic E-state index is 11.6. The molecule has 20 heavy (non-hydrogen) atoms. The molecule has 5 heteroatoms. The highest BCUT2D eigenvalue weighted by atomic mass is 16.5. The van der Waals surface area contributed by atoms with E-state index in [9.17, 15) is 4.79 Å². The molecule has 0 bridgehead atoms. The highest BCUT2D eigenvalue weighted by Gasteiger charge is 2.26. The van der Waals surface area contributed by atoms with Gasteiger partial charge in [0.2, 0.25) is 0 Å². The number of hydrogen-bond donors (Lipinski definition) is 2. The number of methoxy groups -OCH3 is 1. The number of nitrogens with two attached hydrogens (primary N) is 1. The Hall–Kier alpha value is -1.75. The third-order valence-electron chi connectivity index (χ3n) is 3.78. The third kappa shape index (κ3) is 3.22. The first-order chi connectivity index (χ1) is 9.65. The van der Waals surface area contributed by atoms with E-state index in [1.165, 1.54) is 7.11 Å². The lowest BCUT2D eigenvalue weighted by atomic mass is 9.99. The van der Waals surface area contributed by atoms with Gasteiger partial charge in [0.05, 0.1) is 18.8 Å². The van der Waals surface area contributed by atoms with Gasteiger partial charge in [0.1, 0.15) is 0 Å². The molecule has 0 radical (unpaired) electrons. The van der Waals surface area contributed by atoms with Gasteiger partial charge in [0.15, 0.2) is 0 Å². The number of carbonyl (C=O) groups excluding carboxylic acids is 1. The zero-order valence-corrected chi connectivity index (χ0v) is 12.0. The van der Waals surface area contributed by atoms with Crippen LogP contribution in [0.3, 0.4) is 0 Å². The number of benzene rings is 1. The quantitative estimate of drug-likeness (QED) is 0.638. The molecule has 3 N–H and O–H groups in total. The van der Waals surface area contributed by atoms with E-state index < -0.39 is 5.97 Å². The molecule has 5 nitrogen and oxygen atoms in total. The number of rotatable bonds is 5. The summed E-state index contributed by atoms with van der Waals surface area (Å²) in [4.78, 5) is 11.6. The van der Waals surface area contributed by atoms with Crippen LogP contribution in [0, 0.1) is 5.92 Å². The molecule has 1 heterocycles. The Kier molecular flexibility index (Phi) is 4.84. The van der Waals surface area contributed by atoms with Gasteiger partial charge in [0.25, 0.3) is 0 Å². The number of nitrogens with one attached hydrogen (secondary N) is 1. The first-order valence-corrected chi connectivity index (χ1v) is 6.99. The maximum Gasteiger partial charge on any atom is 0.340 e. The van der Waals surface area contributed by atoms with Crippen LogP contribution < -0.4 is 11.1 Å². The van der Waals surface area contributed by atoms with E-state index in [0.717, 1.165) is 31.7 Å². The predicted molar refractivity (Wildman–Crippen MR) is 78.8 cm³/mol. The first kappa shape index (κ1) is 14.7. The summed E-state index contributed by atoms with van der Waals surface area (Å²) in [5, 5.41) is 3.35. The van der Waals surface area contributed by atoms with Gasteiger partial charge < -0.3 is 20.5 Å². The van der Waals surface area contributed by atoms with Crippen LogP contribution >= 0.6 is 0 Å². The van der Waals surface area contributed by atoms with Crippen molar-refractivity contribution in [3.63, 3.8) is 0 Å². The Balaban J connectivity index is 2.01. The minimum absolute atomic E-state index is 0.330. The van der Waals surface area contributed by atoms with E-state index in [0.29, 0.717) is 23.3 Å². The summed E-state index contributed by atoms with van der Waals surface area (Å²) >= 11 is 0. The monoisotopic (exact) mass is 278 g/mol. The van der Waals surface area contributed by atoms with Crippen molar-refractivity contribution in [1.29, 1.82) is 0 Å². The molecule has 1 aromatic carbocycles. The number of carbonyl (C=O) groups is 1. The van der Waals surface area contributed by atoms with Gasteiger partial charge in [-0.05, 0) is 31.0 Å². The summed E-state index contributed by atoms with van der Waals surface area (Å²) in [6.07, 6.45) is 2.43. The zero-order chi connectivity index (χ0) is 14.5. The summed E-state index contributed by atoms with van der Waals surface area (Å²) in [5.74, 6) is 0.0981. The number of esters is 1. The summed E-state index contributed by atoms with van der Waals surface area (Å²) < 4.78 is 10.4. The number of ether oxygens (including phenoxy) is 2. The maximum atomic E-state index is 11.6. The van der Waals surface area contributed by atoms with Gasteiger partial charge in [-0.1, -0.05) is 6.92 Å². The largest absolute Gasteiger partial charge is 0.465 e. The second kappa shape index (κ2) is 6.61. The van der Waals surface area contributed by atoms with E-state index >= 15 is 0 Å². The summed E-state index contributed by atoms with van der Waals surface area (Å²) in [6, 6.07) is 5.33. The molecule has 0 amide bonds. The minimum atomic E-state index is -0.415.